The van der Waals surface area contributed by atoms with Crippen molar-refractivity contribution >= 4 is 40.6 Å². The number of hydrogen-bond acceptors (Lipinski definition) is 7. The molecule has 0 saturated carbocycles. The molecule has 1 rings (SSSR count). The van der Waals surface area contributed by atoms with Gasteiger partial charge in [-0.15, -0.1) is 11.6 Å². The number of halogens is 1. The normalized spacial score (nSPS) is 12.2. The van der Waals surface area contributed by atoms with Crippen LogP contribution in [0.25, 0.3) is 0 Å². The number of rotatable bonds is 6. The summed E-state index contributed by atoms with van der Waals surface area (Å²) >= 11 is 6.72. The Hall–Kier alpha value is -1.73. The molecule has 0 aromatic heterocycles. The Bertz CT molecular complexity index is 546. The lowest BCUT2D eigenvalue weighted by Gasteiger charge is -2.28. The maximum absolute atomic E-state index is 12.2. The van der Waals surface area contributed by atoms with Gasteiger partial charge < -0.3 is 14.2 Å². The van der Waals surface area contributed by atoms with Crippen LogP contribution in [0, 0.1) is 0 Å². The van der Waals surface area contributed by atoms with E-state index < -0.39 is 27.4 Å². The molecule has 8 heteroatoms. The van der Waals surface area contributed by atoms with Gasteiger partial charge >= 0.3 is 17.2 Å². The molecule has 0 bridgehead atoms. The number of ether oxygens (including phenoxy) is 3. The molecular weight excluding hydrogens is 344 g/mol. The van der Waals surface area contributed by atoms with Crippen molar-refractivity contribution in [3.05, 3.63) is 35.9 Å². The Morgan fingerprint density at radius 2 is 1.57 bits per heavy atom. The standard InChI is InChI=1S/C15H17ClO6S/c1-20-12(17)15(13(18)21-2,23-14(19)22-3)9-11(16)10-7-5-4-6-8-10/h4-8,11H,9H2,1-3H3. The van der Waals surface area contributed by atoms with Crippen LogP contribution >= 0.6 is 23.4 Å². The van der Waals surface area contributed by atoms with Crippen LogP contribution < -0.4 is 0 Å². The maximum Gasteiger partial charge on any atom is 0.368 e. The third-order valence-electron chi connectivity index (χ3n) is 3.08. The van der Waals surface area contributed by atoms with Crippen molar-refractivity contribution in [3.8, 4) is 0 Å². The third kappa shape index (κ3) is 4.62. The topological polar surface area (TPSA) is 78.9 Å². The summed E-state index contributed by atoms with van der Waals surface area (Å²) in [6, 6.07) is 8.86. The van der Waals surface area contributed by atoms with E-state index in [1.54, 1.807) is 24.3 Å². The zero-order valence-electron chi connectivity index (χ0n) is 12.9. The van der Waals surface area contributed by atoms with Crippen LogP contribution in [0.3, 0.4) is 0 Å². The molecule has 0 amide bonds. The van der Waals surface area contributed by atoms with Gasteiger partial charge in [-0.05, 0) is 17.3 Å². The highest BCUT2D eigenvalue weighted by Crippen LogP contribution is 2.40. The second-order valence-electron chi connectivity index (χ2n) is 4.45. The van der Waals surface area contributed by atoms with Crippen LogP contribution in [-0.4, -0.2) is 43.3 Å². The summed E-state index contributed by atoms with van der Waals surface area (Å²) in [4.78, 5) is 36.2. The molecular formula is C15H17ClO6S. The van der Waals surface area contributed by atoms with Gasteiger partial charge in [-0.25, -0.2) is 14.4 Å². The van der Waals surface area contributed by atoms with Crippen LogP contribution in [-0.2, 0) is 23.8 Å². The zero-order valence-corrected chi connectivity index (χ0v) is 14.5. The van der Waals surface area contributed by atoms with Crippen LogP contribution in [0.5, 0.6) is 0 Å². The summed E-state index contributed by atoms with van der Waals surface area (Å²) in [6.45, 7) is 0. The molecule has 0 N–H and O–H groups in total. The molecule has 0 saturated heterocycles. The second-order valence-corrected chi connectivity index (χ2v) is 6.21. The van der Waals surface area contributed by atoms with Gasteiger partial charge in [-0.2, -0.15) is 0 Å². The van der Waals surface area contributed by atoms with Crippen molar-refractivity contribution in [2.75, 3.05) is 21.3 Å². The first-order valence-corrected chi connectivity index (χ1v) is 7.79. The summed E-state index contributed by atoms with van der Waals surface area (Å²) in [5.74, 6) is -1.86. The molecule has 1 aromatic rings. The lowest BCUT2D eigenvalue weighted by molar-refractivity contribution is -0.156. The Labute approximate surface area is 143 Å². The fourth-order valence-corrected chi connectivity index (χ4v) is 3.34. The number of thioether (sulfide) groups is 1. The number of esters is 2. The highest BCUT2D eigenvalue weighted by molar-refractivity contribution is 8.15. The van der Waals surface area contributed by atoms with Crippen LogP contribution in [0.2, 0.25) is 0 Å². The van der Waals surface area contributed by atoms with Crippen molar-refractivity contribution in [2.24, 2.45) is 0 Å². The first-order valence-electron chi connectivity index (χ1n) is 6.54. The predicted molar refractivity (Wildman–Crippen MR) is 86.4 cm³/mol. The van der Waals surface area contributed by atoms with Gasteiger partial charge in [0.1, 0.15) is 0 Å². The molecule has 0 heterocycles. The minimum Gasteiger partial charge on any atom is -0.468 e. The lowest BCUT2D eigenvalue weighted by Crippen LogP contribution is -2.47. The molecule has 0 radical (unpaired) electrons. The predicted octanol–water partition coefficient (Wildman–Crippen LogP) is 2.94. The first-order chi connectivity index (χ1) is 10.9. The quantitative estimate of drug-likeness (QED) is 0.334. The SMILES string of the molecule is COC(=O)SC(CC(Cl)c1ccccc1)(C(=O)OC)C(=O)OC. The average Bonchev–Trinajstić information content (AvgIpc) is 2.59. The number of carbonyl (C=O) groups is 3. The number of benzene rings is 1. The Morgan fingerprint density at radius 3 is 2.00 bits per heavy atom. The number of methoxy groups -OCH3 is 3. The fraction of sp³-hybridized carbons (Fsp3) is 0.400. The van der Waals surface area contributed by atoms with E-state index in [9.17, 15) is 14.4 Å². The maximum atomic E-state index is 12.2. The second kappa shape index (κ2) is 8.79. The van der Waals surface area contributed by atoms with Crippen molar-refractivity contribution < 1.29 is 28.6 Å². The van der Waals surface area contributed by atoms with Crippen molar-refractivity contribution in [3.63, 3.8) is 0 Å². The van der Waals surface area contributed by atoms with Crippen molar-refractivity contribution in [1.82, 2.24) is 0 Å². The summed E-state index contributed by atoms with van der Waals surface area (Å²) in [5.41, 5.74) is 0.691. The van der Waals surface area contributed by atoms with E-state index in [0.717, 1.165) is 21.3 Å². The molecule has 6 nitrogen and oxygen atoms in total. The molecule has 23 heavy (non-hydrogen) atoms. The highest BCUT2D eigenvalue weighted by atomic mass is 35.5. The van der Waals surface area contributed by atoms with Gasteiger partial charge in [0.25, 0.3) is 0 Å². The van der Waals surface area contributed by atoms with Gasteiger partial charge in [0.05, 0.1) is 26.7 Å². The Morgan fingerprint density at radius 1 is 1.04 bits per heavy atom. The monoisotopic (exact) mass is 360 g/mol. The minimum absolute atomic E-state index is 0.197. The molecule has 0 spiro atoms. The van der Waals surface area contributed by atoms with E-state index in [4.69, 9.17) is 21.1 Å². The van der Waals surface area contributed by atoms with Crippen molar-refractivity contribution in [2.45, 2.75) is 16.5 Å². The highest BCUT2D eigenvalue weighted by Gasteiger charge is 2.53. The van der Waals surface area contributed by atoms with Gasteiger partial charge in [0.2, 0.25) is 4.75 Å². The molecule has 0 aliphatic carbocycles. The number of hydrogen-bond donors (Lipinski definition) is 0. The lowest BCUT2D eigenvalue weighted by atomic mass is 9.98. The number of carbonyl (C=O) groups excluding carboxylic acids is 3. The van der Waals surface area contributed by atoms with Gasteiger partial charge in [0.15, 0.2) is 0 Å². The summed E-state index contributed by atoms with van der Waals surface area (Å²) in [7, 11) is 3.37. The van der Waals surface area contributed by atoms with E-state index in [1.807, 2.05) is 6.07 Å². The van der Waals surface area contributed by atoms with E-state index in [1.165, 1.54) is 0 Å². The van der Waals surface area contributed by atoms with E-state index >= 15 is 0 Å². The zero-order chi connectivity index (χ0) is 17.5. The summed E-state index contributed by atoms with van der Waals surface area (Å²) in [6.07, 6.45) is -0.197. The average molecular weight is 361 g/mol. The molecule has 0 fully saturated rings. The van der Waals surface area contributed by atoms with E-state index in [2.05, 4.69) is 4.74 Å². The molecule has 0 aliphatic rings. The Kier molecular flexibility index (Phi) is 7.38. The van der Waals surface area contributed by atoms with Gasteiger partial charge in [0, 0.05) is 6.42 Å². The number of alkyl halides is 1. The van der Waals surface area contributed by atoms with E-state index in [-0.39, 0.29) is 6.42 Å². The van der Waals surface area contributed by atoms with Gasteiger partial charge in [-0.3, -0.25) is 0 Å². The molecule has 1 aromatic carbocycles. The summed E-state index contributed by atoms with van der Waals surface area (Å²) in [5, 5.41) is -1.54. The fourth-order valence-electron chi connectivity index (χ4n) is 1.92. The molecule has 126 valence electrons. The molecule has 1 atom stereocenters. The minimum atomic E-state index is -1.95. The van der Waals surface area contributed by atoms with Gasteiger partial charge in [-0.1, -0.05) is 30.3 Å². The molecule has 1 unspecified atom stereocenters. The van der Waals surface area contributed by atoms with Crippen LogP contribution in [0.15, 0.2) is 30.3 Å². The van der Waals surface area contributed by atoms with Crippen molar-refractivity contribution in [1.29, 1.82) is 0 Å². The third-order valence-corrected chi connectivity index (χ3v) is 4.67. The molecule has 0 aliphatic heterocycles. The Balaban J connectivity index is 3.22. The van der Waals surface area contributed by atoms with E-state index in [0.29, 0.717) is 17.3 Å². The smallest absolute Gasteiger partial charge is 0.368 e. The van der Waals surface area contributed by atoms with Crippen LogP contribution in [0.1, 0.15) is 17.4 Å². The first kappa shape index (κ1) is 19.3. The van der Waals surface area contributed by atoms with Crippen LogP contribution in [0.4, 0.5) is 4.79 Å². The largest absolute Gasteiger partial charge is 0.468 e. The summed E-state index contributed by atoms with van der Waals surface area (Å²) < 4.78 is 12.0.